The highest BCUT2D eigenvalue weighted by molar-refractivity contribution is 7.22. The van der Waals surface area contributed by atoms with Crippen LogP contribution < -0.4 is 11.1 Å². The van der Waals surface area contributed by atoms with Gasteiger partial charge in [-0.05, 0) is 30.7 Å². The Labute approximate surface area is 152 Å². The smallest absolute Gasteiger partial charge is 0.294 e. The summed E-state index contributed by atoms with van der Waals surface area (Å²) in [6.45, 7) is 3.30. The third-order valence-corrected chi connectivity index (χ3v) is 6.07. The van der Waals surface area contributed by atoms with Crippen LogP contribution in [0.25, 0.3) is 20.8 Å². The first kappa shape index (κ1) is 16.2. The summed E-state index contributed by atoms with van der Waals surface area (Å²) in [4.78, 5) is 10.5. The van der Waals surface area contributed by atoms with Crippen LogP contribution in [0.1, 0.15) is 17.4 Å². The fourth-order valence-corrected chi connectivity index (χ4v) is 5.17. The maximum atomic E-state index is 7.41. The van der Waals surface area contributed by atoms with Crippen molar-refractivity contribution in [2.24, 2.45) is 10.7 Å². The van der Waals surface area contributed by atoms with Crippen molar-refractivity contribution in [2.45, 2.75) is 19.9 Å². The number of aromatic nitrogens is 1. The summed E-state index contributed by atoms with van der Waals surface area (Å²) in [5, 5.41) is 12.6. The maximum Gasteiger partial charge on any atom is 0.294 e. The first-order valence-corrected chi connectivity index (χ1v) is 9.53. The summed E-state index contributed by atoms with van der Waals surface area (Å²) in [6.07, 6.45) is 0.941. The molecular weight excluding hydrogens is 354 g/mol. The van der Waals surface area contributed by atoms with Crippen molar-refractivity contribution >= 4 is 49.8 Å². The number of amidine groups is 1. The van der Waals surface area contributed by atoms with E-state index < -0.39 is 0 Å². The summed E-state index contributed by atoms with van der Waals surface area (Å²) in [6, 6.07) is 8.11. The number of nitrogens with two attached hydrogens (primary N) is 1. The lowest BCUT2D eigenvalue weighted by Gasteiger charge is -2.13. The highest BCUT2D eigenvalue weighted by atomic mass is 32.1. The molecule has 2 aromatic heterocycles. The summed E-state index contributed by atoms with van der Waals surface area (Å²) < 4.78 is 6.27. The average molecular weight is 371 g/mol. The standard InChI is InChI=1S/C17H17N5OS2/c1-9(18)23-17(19)22-16-14(10-6-7-20-8-13(10)25-16)15-21-11-4-2-3-5-12(11)24-15/h2-5,18,20H,6-8H2,1H3,(H2,19,22). The summed E-state index contributed by atoms with van der Waals surface area (Å²) in [5.74, 6) is 0.0192. The largest absolute Gasteiger partial charge is 0.412 e. The van der Waals surface area contributed by atoms with Crippen molar-refractivity contribution in [3.05, 3.63) is 34.7 Å². The lowest BCUT2D eigenvalue weighted by molar-refractivity contribution is 0.527. The molecule has 128 valence electrons. The molecule has 1 aliphatic heterocycles. The Morgan fingerprint density at radius 1 is 1.36 bits per heavy atom. The number of nitrogens with zero attached hydrogens (tertiary/aromatic N) is 2. The Morgan fingerprint density at radius 3 is 3.00 bits per heavy atom. The molecule has 0 saturated heterocycles. The summed E-state index contributed by atoms with van der Waals surface area (Å²) in [7, 11) is 0. The molecule has 1 aliphatic rings. The van der Waals surface area contributed by atoms with Crippen LogP contribution in [0.2, 0.25) is 0 Å². The van der Waals surface area contributed by atoms with Crippen LogP contribution in [-0.4, -0.2) is 23.4 Å². The number of para-hydroxylation sites is 1. The second-order valence-corrected chi connectivity index (χ2v) is 7.82. The van der Waals surface area contributed by atoms with Crippen molar-refractivity contribution in [1.82, 2.24) is 10.3 Å². The van der Waals surface area contributed by atoms with Crippen molar-refractivity contribution in [3.63, 3.8) is 0 Å². The Bertz CT molecular complexity index is 955. The van der Waals surface area contributed by atoms with Gasteiger partial charge in [-0.3, -0.25) is 5.41 Å². The van der Waals surface area contributed by atoms with E-state index in [-0.39, 0.29) is 11.9 Å². The number of ether oxygens (including phenoxy) is 1. The van der Waals surface area contributed by atoms with Crippen LogP contribution in [0.3, 0.4) is 0 Å². The molecule has 0 unspecified atom stereocenters. The minimum Gasteiger partial charge on any atom is -0.412 e. The zero-order chi connectivity index (χ0) is 17.4. The number of nitrogens with one attached hydrogen (secondary N) is 2. The Hall–Kier alpha value is -2.29. The monoisotopic (exact) mass is 371 g/mol. The van der Waals surface area contributed by atoms with Crippen molar-refractivity contribution in [1.29, 1.82) is 5.41 Å². The maximum absolute atomic E-state index is 7.41. The number of benzene rings is 1. The SMILES string of the molecule is CC(=N)O/C(N)=N/c1sc2c(c1-c1nc3ccccc3s1)CCNC2. The molecule has 0 fully saturated rings. The molecule has 4 rings (SSSR count). The third-order valence-electron chi connectivity index (χ3n) is 3.89. The zero-order valence-electron chi connectivity index (χ0n) is 13.6. The number of thiazole rings is 1. The van der Waals surface area contributed by atoms with Gasteiger partial charge in [-0.15, -0.1) is 22.7 Å². The van der Waals surface area contributed by atoms with Crippen molar-refractivity contribution in [2.75, 3.05) is 6.54 Å². The van der Waals surface area contributed by atoms with Crippen LogP contribution in [0.5, 0.6) is 0 Å². The van der Waals surface area contributed by atoms with Crippen LogP contribution in [-0.2, 0) is 17.7 Å². The molecular formula is C17H17N5OS2. The predicted molar refractivity (Wildman–Crippen MR) is 104 cm³/mol. The lowest BCUT2D eigenvalue weighted by Crippen LogP contribution is -2.22. The molecule has 0 bridgehead atoms. The van der Waals surface area contributed by atoms with Crippen LogP contribution in [0.4, 0.5) is 5.00 Å². The van der Waals surface area contributed by atoms with E-state index in [1.54, 1.807) is 22.7 Å². The minimum absolute atomic E-state index is 0.0126. The van der Waals surface area contributed by atoms with E-state index in [9.17, 15) is 0 Å². The molecule has 0 aliphatic carbocycles. The van der Waals surface area contributed by atoms with Gasteiger partial charge in [-0.25, -0.2) is 4.98 Å². The highest BCUT2D eigenvalue weighted by Gasteiger charge is 2.24. The number of fused-ring (bicyclic) bond motifs is 2. The number of hydrogen-bond acceptors (Lipinski definition) is 7. The van der Waals surface area contributed by atoms with E-state index in [0.717, 1.165) is 45.3 Å². The molecule has 0 amide bonds. The Morgan fingerprint density at radius 2 is 2.20 bits per heavy atom. The van der Waals surface area contributed by atoms with E-state index >= 15 is 0 Å². The molecule has 6 nitrogen and oxygen atoms in total. The first-order valence-electron chi connectivity index (χ1n) is 7.90. The van der Waals surface area contributed by atoms with Gasteiger partial charge in [0.15, 0.2) is 5.90 Å². The molecule has 0 spiro atoms. The summed E-state index contributed by atoms with van der Waals surface area (Å²) in [5.41, 5.74) is 9.18. The number of hydrogen-bond donors (Lipinski definition) is 3. The van der Waals surface area contributed by atoms with Gasteiger partial charge in [0.1, 0.15) is 10.0 Å². The molecule has 25 heavy (non-hydrogen) atoms. The number of thiophene rings is 1. The lowest BCUT2D eigenvalue weighted by atomic mass is 10.0. The quantitative estimate of drug-likeness (QED) is 0.473. The van der Waals surface area contributed by atoms with E-state index in [1.807, 2.05) is 18.2 Å². The van der Waals surface area contributed by atoms with Crippen LogP contribution in [0, 0.1) is 5.41 Å². The Kier molecular flexibility index (Phi) is 4.24. The van der Waals surface area contributed by atoms with Gasteiger partial charge in [0.05, 0.1) is 15.8 Å². The van der Waals surface area contributed by atoms with Gasteiger partial charge in [0.2, 0.25) is 0 Å². The molecule has 0 saturated carbocycles. The third kappa shape index (κ3) is 3.15. The number of aliphatic imine (C=N–C) groups is 1. The predicted octanol–water partition coefficient (Wildman–Crippen LogP) is 3.63. The first-order chi connectivity index (χ1) is 12.1. The average Bonchev–Trinajstić information content (AvgIpc) is 3.13. The summed E-state index contributed by atoms with van der Waals surface area (Å²) >= 11 is 3.27. The highest BCUT2D eigenvalue weighted by Crippen LogP contribution is 2.46. The normalized spacial score (nSPS) is 14.5. The van der Waals surface area contributed by atoms with Gasteiger partial charge in [-0.1, -0.05) is 12.1 Å². The molecule has 4 N–H and O–H groups in total. The molecule has 8 heteroatoms. The Balaban J connectivity index is 1.87. The fourth-order valence-electron chi connectivity index (χ4n) is 2.88. The molecule has 3 aromatic rings. The van der Waals surface area contributed by atoms with Gasteiger partial charge in [-0.2, -0.15) is 4.99 Å². The fraction of sp³-hybridized carbons (Fsp3) is 0.235. The number of rotatable bonds is 2. The van der Waals surface area contributed by atoms with Gasteiger partial charge >= 0.3 is 0 Å². The van der Waals surface area contributed by atoms with Crippen molar-refractivity contribution < 1.29 is 4.74 Å². The second kappa shape index (κ2) is 6.55. The second-order valence-electron chi connectivity index (χ2n) is 5.71. The van der Waals surface area contributed by atoms with Gasteiger partial charge in [0, 0.05) is 18.3 Å². The minimum atomic E-state index is -0.0126. The van der Waals surface area contributed by atoms with Crippen molar-refractivity contribution in [3.8, 4) is 10.6 Å². The molecule has 0 radical (unpaired) electrons. The van der Waals surface area contributed by atoms with E-state index in [1.165, 1.54) is 17.4 Å². The molecule has 0 atom stereocenters. The van der Waals surface area contributed by atoms with E-state index in [2.05, 4.69) is 16.4 Å². The van der Waals surface area contributed by atoms with Crippen LogP contribution in [0.15, 0.2) is 29.3 Å². The molecule has 1 aromatic carbocycles. The van der Waals surface area contributed by atoms with E-state index in [0.29, 0.717) is 0 Å². The van der Waals surface area contributed by atoms with Gasteiger partial charge < -0.3 is 15.8 Å². The van der Waals surface area contributed by atoms with E-state index in [4.69, 9.17) is 20.9 Å². The molecule has 3 heterocycles. The zero-order valence-corrected chi connectivity index (χ0v) is 15.3. The van der Waals surface area contributed by atoms with Crippen LogP contribution >= 0.6 is 22.7 Å². The topological polar surface area (TPSA) is 96.4 Å². The van der Waals surface area contributed by atoms with Gasteiger partial charge in [0.25, 0.3) is 6.02 Å².